The van der Waals surface area contributed by atoms with Gasteiger partial charge >= 0.3 is 29.6 Å². The van der Waals surface area contributed by atoms with Gasteiger partial charge in [0.2, 0.25) is 0 Å². The standard InChI is InChI=1S/C11H15NO2.Na/c1-2-10(11(13)14)12-8-9-6-4-3-5-7-9;/h3-7,10,12H,2,8H2,1H3,(H,13,14);/q;+1/p-1. The van der Waals surface area contributed by atoms with Crippen molar-refractivity contribution in [1.29, 1.82) is 0 Å². The number of carboxylic acids is 1. The van der Waals surface area contributed by atoms with E-state index in [1.165, 1.54) is 0 Å². The molecule has 0 heterocycles. The van der Waals surface area contributed by atoms with E-state index < -0.39 is 12.0 Å². The first-order valence-corrected chi connectivity index (χ1v) is 4.72. The van der Waals surface area contributed by atoms with Gasteiger partial charge in [0.15, 0.2) is 0 Å². The van der Waals surface area contributed by atoms with E-state index >= 15 is 0 Å². The van der Waals surface area contributed by atoms with E-state index in [0.717, 1.165) is 5.56 Å². The molecule has 0 bridgehead atoms. The number of hydrogen-bond donors (Lipinski definition) is 1. The summed E-state index contributed by atoms with van der Waals surface area (Å²) in [6.45, 7) is 2.38. The maximum atomic E-state index is 10.6. The molecule has 1 N–H and O–H groups in total. The first-order chi connectivity index (χ1) is 6.74. The molecule has 0 aliphatic carbocycles. The van der Waals surface area contributed by atoms with Crippen LogP contribution in [0.4, 0.5) is 0 Å². The van der Waals surface area contributed by atoms with E-state index in [1.807, 2.05) is 37.3 Å². The quantitative estimate of drug-likeness (QED) is 0.544. The van der Waals surface area contributed by atoms with E-state index in [-0.39, 0.29) is 29.6 Å². The third-order valence-corrected chi connectivity index (χ3v) is 2.09. The van der Waals surface area contributed by atoms with Crippen molar-refractivity contribution in [1.82, 2.24) is 5.32 Å². The smallest absolute Gasteiger partial charge is 0.548 e. The second-order valence-electron chi connectivity index (χ2n) is 3.15. The maximum absolute atomic E-state index is 10.6. The van der Waals surface area contributed by atoms with Crippen LogP contribution in [0.5, 0.6) is 0 Å². The molecule has 0 saturated heterocycles. The molecule has 1 atom stereocenters. The summed E-state index contributed by atoms with van der Waals surface area (Å²) in [5, 5.41) is 13.5. The minimum absolute atomic E-state index is 0. The summed E-state index contributed by atoms with van der Waals surface area (Å²) in [5.41, 5.74) is 1.08. The monoisotopic (exact) mass is 215 g/mol. The summed E-state index contributed by atoms with van der Waals surface area (Å²) in [6, 6.07) is 9.13. The first-order valence-electron chi connectivity index (χ1n) is 4.72. The number of nitrogens with one attached hydrogen (secondary N) is 1. The van der Waals surface area contributed by atoms with Crippen molar-refractivity contribution in [3.63, 3.8) is 0 Å². The van der Waals surface area contributed by atoms with Crippen LogP contribution in [0.2, 0.25) is 0 Å². The maximum Gasteiger partial charge on any atom is 1.00 e. The molecule has 1 aromatic rings. The van der Waals surface area contributed by atoms with Gasteiger partial charge in [0.25, 0.3) is 0 Å². The van der Waals surface area contributed by atoms with E-state index in [1.54, 1.807) is 0 Å². The molecule has 0 aromatic heterocycles. The molecule has 1 rings (SSSR count). The van der Waals surface area contributed by atoms with Crippen molar-refractivity contribution in [2.24, 2.45) is 0 Å². The average Bonchev–Trinajstić information content (AvgIpc) is 2.20. The predicted molar refractivity (Wildman–Crippen MR) is 52.4 cm³/mol. The molecule has 4 heteroatoms. The molecule has 0 saturated carbocycles. The molecule has 76 valence electrons. The fourth-order valence-electron chi connectivity index (χ4n) is 1.23. The van der Waals surface area contributed by atoms with Crippen LogP contribution in [-0.2, 0) is 11.3 Å². The van der Waals surface area contributed by atoms with Gasteiger partial charge in [0.1, 0.15) is 0 Å². The molecular formula is C11H14NNaO2. The van der Waals surface area contributed by atoms with Crippen LogP contribution in [0.3, 0.4) is 0 Å². The van der Waals surface area contributed by atoms with E-state index in [2.05, 4.69) is 5.32 Å². The van der Waals surface area contributed by atoms with Gasteiger partial charge in [-0.15, -0.1) is 0 Å². The number of carbonyl (C=O) groups is 1. The van der Waals surface area contributed by atoms with Crippen molar-refractivity contribution in [2.75, 3.05) is 0 Å². The van der Waals surface area contributed by atoms with Crippen LogP contribution >= 0.6 is 0 Å². The molecule has 0 radical (unpaired) electrons. The van der Waals surface area contributed by atoms with Gasteiger partial charge in [-0.25, -0.2) is 0 Å². The Morgan fingerprint density at radius 3 is 2.47 bits per heavy atom. The molecule has 0 amide bonds. The summed E-state index contributed by atoms with van der Waals surface area (Å²) < 4.78 is 0. The molecule has 3 nitrogen and oxygen atoms in total. The topological polar surface area (TPSA) is 52.2 Å². The molecule has 1 unspecified atom stereocenters. The zero-order valence-corrected chi connectivity index (χ0v) is 11.2. The van der Waals surface area contributed by atoms with Crippen LogP contribution in [-0.4, -0.2) is 12.0 Å². The van der Waals surface area contributed by atoms with Crippen molar-refractivity contribution in [3.05, 3.63) is 35.9 Å². The number of rotatable bonds is 5. The Labute approximate surface area is 112 Å². The third kappa shape index (κ3) is 5.33. The molecule has 0 spiro atoms. The van der Waals surface area contributed by atoms with Crippen molar-refractivity contribution in [2.45, 2.75) is 25.9 Å². The van der Waals surface area contributed by atoms with Crippen LogP contribution < -0.4 is 40.0 Å². The van der Waals surface area contributed by atoms with Crippen LogP contribution in [0.1, 0.15) is 18.9 Å². The van der Waals surface area contributed by atoms with Gasteiger partial charge in [-0.05, 0) is 12.0 Å². The summed E-state index contributed by atoms with van der Waals surface area (Å²) in [7, 11) is 0. The largest absolute Gasteiger partial charge is 1.00 e. The minimum Gasteiger partial charge on any atom is -0.548 e. The zero-order valence-electron chi connectivity index (χ0n) is 9.19. The second kappa shape index (κ2) is 7.88. The summed E-state index contributed by atoms with van der Waals surface area (Å²) in [4.78, 5) is 10.6. The molecule has 0 fully saturated rings. The van der Waals surface area contributed by atoms with Gasteiger partial charge in [0.05, 0.1) is 5.97 Å². The van der Waals surface area contributed by atoms with E-state index in [0.29, 0.717) is 13.0 Å². The van der Waals surface area contributed by atoms with Crippen LogP contribution in [0.25, 0.3) is 0 Å². The molecule has 15 heavy (non-hydrogen) atoms. The fraction of sp³-hybridized carbons (Fsp3) is 0.364. The Morgan fingerprint density at radius 2 is 2.00 bits per heavy atom. The number of carbonyl (C=O) groups excluding carboxylic acids is 1. The Balaban J connectivity index is 0.00000196. The number of hydrogen-bond acceptors (Lipinski definition) is 3. The summed E-state index contributed by atoms with van der Waals surface area (Å²) in [6.07, 6.45) is 0.537. The molecule has 1 aromatic carbocycles. The average molecular weight is 215 g/mol. The van der Waals surface area contributed by atoms with Crippen LogP contribution in [0.15, 0.2) is 30.3 Å². The van der Waals surface area contributed by atoms with E-state index in [9.17, 15) is 9.90 Å². The summed E-state index contributed by atoms with van der Waals surface area (Å²) >= 11 is 0. The van der Waals surface area contributed by atoms with Gasteiger partial charge in [-0.3, -0.25) is 0 Å². The predicted octanol–water partition coefficient (Wildman–Crippen LogP) is -2.69. The van der Waals surface area contributed by atoms with E-state index in [4.69, 9.17) is 0 Å². The molecule has 0 aliphatic rings. The molecule has 0 aliphatic heterocycles. The number of benzene rings is 1. The number of aliphatic carboxylic acids is 1. The SMILES string of the molecule is CCC(NCc1ccccc1)C(=O)[O-].[Na+]. The Bertz CT molecular complexity index is 290. The first kappa shape index (κ1) is 14.6. The Morgan fingerprint density at radius 1 is 1.40 bits per heavy atom. The van der Waals surface area contributed by atoms with Crippen molar-refractivity contribution in [3.8, 4) is 0 Å². The van der Waals surface area contributed by atoms with Gasteiger partial charge in [-0.1, -0.05) is 37.3 Å². The van der Waals surface area contributed by atoms with Crippen molar-refractivity contribution < 1.29 is 39.5 Å². The normalized spacial score (nSPS) is 11.5. The summed E-state index contributed by atoms with van der Waals surface area (Å²) in [5.74, 6) is -1.04. The van der Waals surface area contributed by atoms with Crippen LogP contribution in [0, 0.1) is 0 Å². The van der Waals surface area contributed by atoms with Gasteiger partial charge < -0.3 is 15.2 Å². The minimum atomic E-state index is -1.04. The zero-order chi connectivity index (χ0) is 10.4. The molecular weight excluding hydrogens is 201 g/mol. The third-order valence-electron chi connectivity index (χ3n) is 2.09. The number of carboxylic acid groups (broad SMARTS) is 1. The van der Waals surface area contributed by atoms with Gasteiger partial charge in [-0.2, -0.15) is 0 Å². The Hall–Kier alpha value is -0.350. The second-order valence-corrected chi connectivity index (χ2v) is 3.15. The fourth-order valence-corrected chi connectivity index (χ4v) is 1.23. The van der Waals surface area contributed by atoms with Crippen molar-refractivity contribution >= 4 is 5.97 Å². The van der Waals surface area contributed by atoms with Gasteiger partial charge in [0, 0.05) is 12.6 Å². The Kier molecular flexibility index (Phi) is 7.70.